The first kappa shape index (κ1) is 14.1. The summed E-state index contributed by atoms with van der Waals surface area (Å²) >= 11 is 0. The lowest BCUT2D eigenvalue weighted by atomic mass is 10.1. The second-order valence-electron chi connectivity index (χ2n) is 5.06. The minimum absolute atomic E-state index is 0.0322. The maximum Gasteiger partial charge on any atom is 0.224 e. The monoisotopic (exact) mass is 268 g/mol. The van der Waals surface area contributed by atoms with Gasteiger partial charge in [0, 0.05) is 17.8 Å². The lowest BCUT2D eigenvalue weighted by Crippen LogP contribution is -2.14. The van der Waals surface area contributed by atoms with E-state index in [2.05, 4.69) is 5.32 Å². The molecule has 3 nitrogen and oxygen atoms in total. The van der Waals surface area contributed by atoms with Gasteiger partial charge in [0.25, 0.3) is 0 Å². The number of aryl methyl sites for hydroxylation is 3. The number of nitrogens with two attached hydrogens (primary N) is 1. The van der Waals surface area contributed by atoms with Crippen LogP contribution >= 0.6 is 0 Å². The molecular weight excluding hydrogens is 248 g/mol. The molecule has 0 unspecified atom stereocenters. The molecule has 0 saturated carbocycles. The van der Waals surface area contributed by atoms with Crippen molar-refractivity contribution in [1.29, 1.82) is 0 Å². The summed E-state index contributed by atoms with van der Waals surface area (Å²) in [6.07, 6.45) is 1.15. The zero-order valence-electron chi connectivity index (χ0n) is 11.9. The molecule has 0 heterocycles. The molecule has 3 heteroatoms. The molecule has 0 atom stereocenters. The Balaban J connectivity index is 1.96. The average Bonchev–Trinajstić information content (AvgIpc) is 2.41. The van der Waals surface area contributed by atoms with E-state index in [0.717, 1.165) is 28.1 Å². The van der Waals surface area contributed by atoms with Gasteiger partial charge in [0.15, 0.2) is 0 Å². The van der Waals surface area contributed by atoms with Crippen molar-refractivity contribution in [2.75, 3.05) is 11.1 Å². The van der Waals surface area contributed by atoms with Crippen LogP contribution in [0.25, 0.3) is 0 Å². The third-order valence-corrected chi connectivity index (χ3v) is 3.34. The molecular formula is C17H20N2O. The van der Waals surface area contributed by atoms with Gasteiger partial charge in [0.05, 0.1) is 0 Å². The molecule has 104 valence electrons. The lowest BCUT2D eigenvalue weighted by Gasteiger charge is -2.11. The minimum Gasteiger partial charge on any atom is -0.399 e. The number of hydrogen-bond acceptors (Lipinski definition) is 2. The Bertz CT molecular complexity index is 600. The largest absolute Gasteiger partial charge is 0.399 e. The maximum absolute atomic E-state index is 12.0. The van der Waals surface area contributed by atoms with E-state index < -0.39 is 0 Å². The summed E-state index contributed by atoms with van der Waals surface area (Å²) in [6, 6.07) is 13.7. The normalized spacial score (nSPS) is 10.3. The van der Waals surface area contributed by atoms with Gasteiger partial charge in [-0.25, -0.2) is 0 Å². The van der Waals surface area contributed by atoms with Crippen LogP contribution in [0.2, 0.25) is 0 Å². The highest BCUT2D eigenvalue weighted by molar-refractivity contribution is 5.92. The van der Waals surface area contributed by atoms with Gasteiger partial charge >= 0.3 is 0 Å². The Hall–Kier alpha value is -2.29. The predicted molar refractivity (Wildman–Crippen MR) is 83.7 cm³/mol. The Labute approximate surface area is 119 Å². The number of para-hydroxylation sites is 1. The standard InChI is InChI=1S/C17H20N2O/c1-12-5-3-6-13(2)17(12)19-16(20)10-9-14-7-4-8-15(18)11-14/h3-8,11H,9-10,18H2,1-2H3,(H,19,20). The summed E-state index contributed by atoms with van der Waals surface area (Å²) in [4.78, 5) is 12.0. The van der Waals surface area contributed by atoms with E-state index in [9.17, 15) is 4.79 Å². The van der Waals surface area contributed by atoms with Crippen molar-refractivity contribution in [2.24, 2.45) is 0 Å². The van der Waals surface area contributed by atoms with Crippen LogP contribution < -0.4 is 11.1 Å². The number of carbonyl (C=O) groups is 1. The molecule has 0 bridgehead atoms. The van der Waals surface area contributed by atoms with Crippen LogP contribution in [0, 0.1) is 13.8 Å². The van der Waals surface area contributed by atoms with Crippen LogP contribution in [0.4, 0.5) is 11.4 Å². The Kier molecular flexibility index (Phi) is 4.41. The number of anilines is 2. The van der Waals surface area contributed by atoms with Crippen LogP contribution in [-0.4, -0.2) is 5.91 Å². The molecule has 2 aromatic carbocycles. The Morgan fingerprint density at radius 3 is 2.40 bits per heavy atom. The molecule has 0 spiro atoms. The number of carbonyl (C=O) groups excluding carboxylic acids is 1. The molecule has 0 fully saturated rings. The fourth-order valence-electron chi connectivity index (χ4n) is 2.22. The van der Waals surface area contributed by atoms with Gasteiger partial charge in [-0.2, -0.15) is 0 Å². The fourth-order valence-corrected chi connectivity index (χ4v) is 2.22. The summed E-state index contributed by atoms with van der Waals surface area (Å²) in [5.41, 5.74) is 10.6. The van der Waals surface area contributed by atoms with Gasteiger partial charge in [-0.1, -0.05) is 30.3 Å². The zero-order chi connectivity index (χ0) is 14.5. The first-order valence-corrected chi connectivity index (χ1v) is 6.77. The van der Waals surface area contributed by atoms with Crippen LogP contribution in [0.3, 0.4) is 0 Å². The van der Waals surface area contributed by atoms with Crippen molar-refractivity contribution in [1.82, 2.24) is 0 Å². The molecule has 1 amide bonds. The number of nitrogen functional groups attached to an aromatic ring is 1. The zero-order valence-corrected chi connectivity index (χ0v) is 11.9. The molecule has 2 rings (SSSR count). The highest BCUT2D eigenvalue weighted by atomic mass is 16.1. The molecule has 0 aliphatic heterocycles. The van der Waals surface area contributed by atoms with Crippen LogP contribution in [0.1, 0.15) is 23.1 Å². The molecule has 0 radical (unpaired) electrons. The van der Waals surface area contributed by atoms with E-state index in [4.69, 9.17) is 5.73 Å². The number of hydrogen-bond donors (Lipinski definition) is 2. The second kappa shape index (κ2) is 6.24. The summed E-state index contributed by atoms with van der Waals surface area (Å²) in [6.45, 7) is 4.00. The minimum atomic E-state index is 0.0322. The van der Waals surface area contributed by atoms with E-state index in [0.29, 0.717) is 12.8 Å². The molecule has 0 saturated heterocycles. The number of nitrogens with one attached hydrogen (secondary N) is 1. The summed E-state index contributed by atoms with van der Waals surface area (Å²) in [5.74, 6) is 0.0322. The van der Waals surface area contributed by atoms with Crippen LogP contribution in [-0.2, 0) is 11.2 Å². The van der Waals surface area contributed by atoms with Gasteiger partial charge in [-0.05, 0) is 49.1 Å². The molecule has 0 aromatic heterocycles. The number of amides is 1. The first-order chi connectivity index (χ1) is 9.56. The van der Waals surface area contributed by atoms with E-state index in [1.165, 1.54) is 0 Å². The fraction of sp³-hybridized carbons (Fsp3) is 0.235. The van der Waals surface area contributed by atoms with Crippen LogP contribution in [0.15, 0.2) is 42.5 Å². The number of benzene rings is 2. The topological polar surface area (TPSA) is 55.1 Å². The lowest BCUT2D eigenvalue weighted by molar-refractivity contribution is -0.116. The third-order valence-electron chi connectivity index (χ3n) is 3.34. The summed E-state index contributed by atoms with van der Waals surface area (Å²) in [5, 5.41) is 2.99. The molecule has 20 heavy (non-hydrogen) atoms. The molecule has 0 aliphatic carbocycles. The van der Waals surface area contributed by atoms with Crippen molar-refractivity contribution < 1.29 is 4.79 Å². The van der Waals surface area contributed by atoms with Gasteiger partial charge in [0.2, 0.25) is 5.91 Å². The van der Waals surface area contributed by atoms with Gasteiger partial charge in [-0.3, -0.25) is 4.79 Å². The smallest absolute Gasteiger partial charge is 0.224 e. The third kappa shape index (κ3) is 3.60. The second-order valence-corrected chi connectivity index (χ2v) is 5.06. The summed E-state index contributed by atoms with van der Waals surface area (Å²) in [7, 11) is 0. The van der Waals surface area contributed by atoms with E-state index in [1.54, 1.807) is 0 Å². The van der Waals surface area contributed by atoms with Crippen molar-refractivity contribution in [3.63, 3.8) is 0 Å². The number of rotatable bonds is 4. The van der Waals surface area contributed by atoms with Crippen molar-refractivity contribution >= 4 is 17.3 Å². The highest BCUT2D eigenvalue weighted by Crippen LogP contribution is 2.19. The SMILES string of the molecule is Cc1cccc(C)c1NC(=O)CCc1cccc(N)c1. The molecule has 3 N–H and O–H groups in total. The highest BCUT2D eigenvalue weighted by Gasteiger charge is 2.07. The van der Waals surface area contributed by atoms with Gasteiger partial charge in [0.1, 0.15) is 0 Å². The predicted octanol–water partition coefficient (Wildman–Crippen LogP) is 3.46. The Morgan fingerprint density at radius 1 is 1.10 bits per heavy atom. The maximum atomic E-state index is 12.0. The molecule has 0 aliphatic rings. The molecule has 2 aromatic rings. The van der Waals surface area contributed by atoms with E-state index >= 15 is 0 Å². The first-order valence-electron chi connectivity index (χ1n) is 6.77. The van der Waals surface area contributed by atoms with E-state index in [1.807, 2.05) is 56.3 Å². The van der Waals surface area contributed by atoms with Crippen molar-refractivity contribution in [2.45, 2.75) is 26.7 Å². The van der Waals surface area contributed by atoms with E-state index in [-0.39, 0.29) is 5.91 Å². The summed E-state index contributed by atoms with van der Waals surface area (Å²) < 4.78 is 0. The average molecular weight is 268 g/mol. The Morgan fingerprint density at radius 2 is 1.75 bits per heavy atom. The van der Waals surface area contributed by atoms with Gasteiger partial charge < -0.3 is 11.1 Å². The quantitative estimate of drug-likeness (QED) is 0.834. The van der Waals surface area contributed by atoms with Gasteiger partial charge in [-0.15, -0.1) is 0 Å². The van der Waals surface area contributed by atoms with Crippen molar-refractivity contribution in [3.05, 3.63) is 59.2 Å². The van der Waals surface area contributed by atoms with Crippen molar-refractivity contribution in [3.8, 4) is 0 Å². The van der Waals surface area contributed by atoms with Crippen LogP contribution in [0.5, 0.6) is 0 Å².